The minimum Gasteiger partial charge on any atom is -0.339 e. The van der Waals surface area contributed by atoms with E-state index in [1.54, 1.807) is 0 Å². The molecule has 0 aromatic rings. The van der Waals surface area contributed by atoms with Crippen LogP contribution in [-0.4, -0.2) is 96.5 Å². The van der Waals surface area contributed by atoms with Crippen LogP contribution in [0.4, 0.5) is 0 Å². The highest BCUT2D eigenvalue weighted by atomic mass is 16.2. The summed E-state index contributed by atoms with van der Waals surface area (Å²) in [6, 6.07) is 1.52. The molecule has 25 heavy (non-hydrogen) atoms. The molecule has 0 bridgehead atoms. The van der Waals surface area contributed by atoms with Crippen molar-refractivity contribution < 1.29 is 4.79 Å². The summed E-state index contributed by atoms with van der Waals surface area (Å²) in [6.07, 6.45) is 7.96. The van der Waals surface area contributed by atoms with Crippen LogP contribution in [-0.2, 0) is 4.79 Å². The van der Waals surface area contributed by atoms with E-state index in [0.29, 0.717) is 12.5 Å². The molecule has 5 nitrogen and oxygen atoms in total. The van der Waals surface area contributed by atoms with Crippen molar-refractivity contribution in [2.75, 3.05) is 58.9 Å². The molecule has 0 radical (unpaired) electrons. The SMILES string of the molecule is CCN(CC)C1CCN(CC(=O)N2CCN(C3CCCC3)CC2)CC1. The Balaban J connectivity index is 1.37. The van der Waals surface area contributed by atoms with E-state index < -0.39 is 0 Å². The maximum Gasteiger partial charge on any atom is 0.236 e. The summed E-state index contributed by atoms with van der Waals surface area (Å²) in [5.74, 6) is 0.354. The summed E-state index contributed by atoms with van der Waals surface area (Å²) in [5, 5.41) is 0. The minimum atomic E-state index is 0.354. The fraction of sp³-hybridized carbons (Fsp3) is 0.950. The van der Waals surface area contributed by atoms with Gasteiger partial charge in [0.2, 0.25) is 5.91 Å². The second kappa shape index (κ2) is 9.33. The summed E-state index contributed by atoms with van der Waals surface area (Å²) < 4.78 is 0. The summed E-state index contributed by atoms with van der Waals surface area (Å²) in [5.41, 5.74) is 0. The van der Waals surface area contributed by atoms with Crippen LogP contribution in [0.5, 0.6) is 0 Å². The molecule has 5 heteroatoms. The molecular formula is C20H38N4O. The van der Waals surface area contributed by atoms with Crippen LogP contribution in [0.1, 0.15) is 52.4 Å². The zero-order valence-corrected chi connectivity index (χ0v) is 16.5. The Kier molecular flexibility index (Phi) is 7.14. The molecule has 3 aliphatic rings. The lowest BCUT2D eigenvalue weighted by atomic mass is 10.0. The Morgan fingerprint density at radius 2 is 1.48 bits per heavy atom. The molecule has 0 atom stereocenters. The number of likely N-dealkylation sites (tertiary alicyclic amines) is 1. The molecule has 3 rings (SSSR count). The van der Waals surface area contributed by atoms with Gasteiger partial charge in [-0.2, -0.15) is 0 Å². The van der Waals surface area contributed by atoms with Crippen molar-refractivity contribution in [2.45, 2.75) is 64.5 Å². The van der Waals surface area contributed by atoms with Gasteiger partial charge in [0, 0.05) is 51.4 Å². The molecule has 0 unspecified atom stereocenters. The lowest BCUT2D eigenvalue weighted by Gasteiger charge is -2.40. The Morgan fingerprint density at radius 3 is 2.04 bits per heavy atom. The molecule has 1 amide bonds. The number of amides is 1. The number of piperidine rings is 1. The highest BCUT2D eigenvalue weighted by Crippen LogP contribution is 2.24. The topological polar surface area (TPSA) is 30.0 Å². The monoisotopic (exact) mass is 350 g/mol. The fourth-order valence-corrected chi connectivity index (χ4v) is 5.08. The predicted octanol–water partition coefficient (Wildman–Crippen LogP) is 1.88. The molecule has 3 fully saturated rings. The first kappa shape index (κ1) is 19.1. The molecule has 2 aliphatic heterocycles. The van der Waals surface area contributed by atoms with Crippen LogP contribution in [0.15, 0.2) is 0 Å². The van der Waals surface area contributed by atoms with Crippen LogP contribution in [0, 0.1) is 0 Å². The number of hydrogen-bond acceptors (Lipinski definition) is 4. The number of nitrogens with zero attached hydrogens (tertiary/aromatic N) is 4. The van der Waals surface area contributed by atoms with E-state index in [-0.39, 0.29) is 0 Å². The van der Waals surface area contributed by atoms with Crippen molar-refractivity contribution >= 4 is 5.91 Å². The first-order valence-electron chi connectivity index (χ1n) is 10.7. The summed E-state index contributed by atoms with van der Waals surface area (Å²) in [4.78, 5) is 22.4. The van der Waals surface area contributed by atoms with E-state index in [4.69, 9.17) is 0 Å². The smallest absolute Gasteiger partial charge is 0.236 e. The number of piperazine rings is 1. The van der Waals surface area contributed by atoms with Gasteiger partial charge in [0.1, 0.15) is 0 Å². The van der Waals surface area contributed by atoms with Gasteiger partial charge in [-0.3, -0.25) is 14.6 Å². The normalized spacial score (nSPS) is 25.2. The third-order valence-electron chi connectivity index (χ3n) is 6.75. The molecule has 0 spiro atoms. The van der Waals surface area contributed by atoms with Crippen LogP contribution in [0.25, 0.3) is 0 Å². The third kappa shape index (κ3) is 4.95. The van der Waals surface area contributed by atoms with Crippen LogP contribution in [0.2, 0.25) is 0 Å². The van der Waals surface area contributed by atoms with Gasteiger partial charge in [0.25, 0.3) is 0 Å². The maximum absolute atomic E-state index is 12.7. The van der Waals surface area contributed by atoms with Gasteiger partial charge in [-0.25, -0.2) is 0 Å². The van der Waals surface area contributed by atoms with E-state index >= 15 is 0 Å². The van der Waals surface area contributed by atoms with E-state index in [1.807, 2.05) is 0 Å². The molecule has 1 saturated carbocycles. The van der Waals surface area contributed by atoms with Gasteiger partial charge in [0.05, 0.1) is 6.54 Å². The lowest BCUT2D eigenvalue weighted by molar-refractivity contribution is -0.134. The molecule has 2 saturated heterocycles. The Labute approximate surface area is 154 Å². The van der Waals surface area contributed by atoms with Crippen molar-refractivity contribution in [1.29, 1.82) is 0 Å². The highest BCUT2D eigenvalue weighted by Gasteiger charge is 2.29. The molecule has 0 N–H and O–H groups in total. The van der Waals surface area contributed by atoms with Crippen molar-refractivity contribution in [3.63, 3.8) is 0 Å². The summed E-state index contributed by atoms with van der Waals surface area (Å²) >= 11 is 0. The minimum absolute atomic E-state index is 0.354. The average Bonchev–Trinajstić information content (AvgIpc) is 3.19. The quantitative estimate of drug-likeness (QED) is 0.732. The zero-order valence-electron chi connectivity index (χ0n) is 16.5. The molecule has 144 valence electrons. The van der Waals surface area contributed by atoms with E-state index in [0.717, 1.165) is 64.4 Å². The van der Waals surface area contributed by atoms with Crippen LogP contribution in [0.3, 0.4) is 0 Å². The van der Waals surface area contributed by atoms with Crippen LogP contribution >= 0.6 is 0 Å². The summed E-state index contributed by atoms with van der Waals surface area (Å²) in [6.45, 7) is 13.6. The van der Waals surface area contributed by atoms with E-state index in [9.17, 15) is 4.79 Å². The maximum atomic E-state index is 12.7. The van der Waals surface area contributed by atoms with Gasteiger partial charge in [-0.15, -0.1) is 0 Å². The molecule has 0 aromatic heterocycles. The molecule has 0 aromatic carbocycles. The largest absolute Gasteiger partial charge is 0.339 e. The Bertz CT molecular complexity index is 404. The Morgan fingerprint density at radius 1 is 0.880 bits per heavy atom. The van der Waals surface area contributed by atoms with Gasteiger partial charge < -0.3 is 9.80 Å². The van der Waals surface area contributed by atoms with Gasteiger partial charge in [0.15, 0.2) is 0 Å². The van der Waals surface area contributed by atoms with Gasteiger partial charge >= 0.3 is 0 Å². The first-order chi connectivity index (χ1) is 12.2. The second-order valence-corrected chi connectivity index (χ2v) is 8.08. The molecule has 1 aliphatic carbocycles. The number of carbonyl (C=O) groups is 1. The van der Waals surface area contributed by atoms with Crippen molar-refractivity contribution in [3.8, 4) is 0 Å². The van der Waals surface area contributed by atoms with Crippen LogP contribution < -0.4 is 0 Å². The van der Waals surface area contributed by atoms with Crippen molar-refractivity contribution in [3.05, 3.63) is 0 Å². The zero-order chi connectivity index (χ0) is 17.6. The first-order valence-corrected chi connectivity index (χ1v) is 10.7. The molecular weight excluding hydrogens is 312 g/mol. The number of hydrogen-bond donors (Lipinski definition) is 0. The predicted molar refractivity (Wildman–Crippen MR) is 103 cm³/mol. The van der Waals surface area contributed by atoms with Crippen molar-refractivity contribution in [1.82, 2.24) is 19.6 Å². The standard InChI is InChI=1S/C20H38N4O/c1-3-22(4-2)19-9-11-21(12-10-19)17-20(25)24-15-13-23(14-16-24)18-7-5-6-8-18/h18-19H,3-17H2,1-2H3. The average molecular weight is 351 g/mol. The number of rotatable bonds is 6. The van der Waals surface area contributed by atoms with Gasteiger partial charge in [-0.1, -0.05) is 26.7 Å². The van der Waals surface area contributed by atoms with E-state index in [2.05, 4.69) is 33.4 Å². The lowest BCUT2D eigenvalue weighted by Crippen LogP contribution is -2.54. The van der Waals surface area contributed by atoms with E-state index in [1.165, 1.54) is 38.5 Å². The molecule has 2 heterocycles. The third-order valence-corrected chi connectivity index (χ3v) is 6.75. The number of carbonyl (C=O) groups excluding carboxylic acids is 1. The Hall–Kier alpha value is -0.650. The van der Waals surface area contributed by atoms with Crippen molar-refractivity contribution in [2.24, 2.45) is 0 Å². The fourth-order valence-electron chi connectivity index (χ4n) is 5.08. The highest BCUT2D eigenvalue weighted by molar-refractivity contribution is 5.78. The van der Waals surface area contributed by atoms with Gasteiger partial charge in [-0.05, 0) is 38.8 Å². The second-order valence-electron chi connectivity index (χ2n) is 8.08. The summed E-state index contributed by atoms with van der Waals surface area (Å²) in [7, 11) is 0.